The Morgan fingerprint density at radius 3 is 2.04 bits per heavy atom. The van der Waals surface area contributed by atoms with Crippen LogP contribution in [0.5, 0.6) is 17.2 Å². The van der Waals surface area contributed by atoms with Gasteiger partial charge in [-0.1, -0.05) is 59.7 Å². The number of hydrogen-bond acceptors (Lipinski definition) is 3. The predicted octanol–water partition coefficient (Wildman–Crippen LogP) is 6.61. The summed E-state index contributed by atoms with van der Waals surface area (Å²) in [7, 11) is 0. The van der Waals surface area contributed by atoms with Crippen molar-refractivity contribution in [2.45, 2.75) is 73.3 Å². The fourth-order valence-electron chi connectivity index (χ4n) is 4.14. The fraction of sp³-hybridized carbons (Fsp3) is 0.520. The number of ether oxygens (including phenoxy) is 2. The highest BCUT2D eigenvalue weighted by molar-refractivity contribution is 5.52. The summed E-state index contributed by atoms with van der Waals surface area (Å²) in [6.07, 6.45) is 1.98. The van der Waals surface area contributed by atoms with Crippen molar-refractivity contribution in [2.24, 2.45) is 11.1 Å². The zero-order chi connectivity index (χ0) is 20.9. The van der Waals surface area contributed by atoms with Gasteiger partial charge in [0.25, 0.3) is 0 Å². The number of rotatable bonds is 8. The van der Waals surface area contributed by atoms with Gasteiger partial charge in [-0.05, 0) is 59.9 Å². The first-order valence-corrected chi connectivity index (χ1v) is 10.4. The van der Waals surface area contributed by atoms with Crippen molar-refractivity contribution in [3.63, 3.8) is 0 Å². The molecule has 0 amide bonds. The zero-order valence-electron chi connectivity index (χ0n) is 18.7. The van der Waals surface area contributed by atoms with Gasteiger partial charge in [0.05, 0.1) is 6.61 Å². The van der Waals surface area contributed by atoms with E-state index in [1.165, 1.54) is 5.56 Å². The Morgan fingerprint density at radius 1 is 0.893 bits per heavy atom. The normalized spacial score (nSPS) is 12.1. The van der Waals surface area contributed by atoms with Gasteiger partial charge < -0.3 is 15.2 Å². The predicted molar refractivity (Wildman–Crippen MR) is 118 cm³/mol. The van der Waals surface area contributed by atoms with E-state index in [0.717, 1.165) is 41.2 Å². The first-order chi connectivity index (χ1) is 13.1. The summed E-state index contributed by atoms with van der Waals surface area (Å²) in [5, 5.41) is 0. The Morgan fingerprint density at radius 2 is 1.54 bits per heavy atom. The van der Waals surface area contributed by atoms with E-state index in [9.17, 15) is 0 Å². The van der Waals surface area contributed by atoms with Crippen molar-refractivity contribution in [1.82, 2.24) is 0 Å². The maximum Gasteiger partial charge on any atom is 0.169 e. The molecule has 0 aliphatic rings. The molecule has 2 aromatic rings. The van der Waals surface area contributed by atoms with E-state index in [-0.39, 0.29) is 10.8 Å². The van der Waals surface area contributed by atoms with Crippen molar-refractivity contribution < 1.29 is 9.47 Å². The van der Waals surface area contributed by atoms with Gasteiger partial charge in [-0.15, -0.1) is 0 Å². The van der Waals surface area contributed by atoms with Crippen LogP contribution in [0.25, 0.3) is 0 Å². The quantitative estimate of drug-likeness (QED) is 0.557. The molecule has 0 aliphatic heterocycles. The standard InChI is InChI=1S/C25H37NO2/c1-8-21-18(16-26)10-15-22(23(21)27-9-2)28-20-13-11-19(12-14-20)25(6,7)17-24(3,4)5/h10-15H,8-9,16-17,26H2,1-7H3. The maximum atomic E-state index is 6.21. The van der Waals surface area contributed by atoms with Crippen LogP contribution in [-0.2, 0) is 18.4 Å². The van der Waals surface area contributed by atoms with E-state index in [1.807, 2.05) is 19.1 Å². The molecule has 0 bridgehead atoms. The number of nitrogens with two attached hydrogens (primary N) is 1. The summed E-state index contributed by atoms with van der Waals surface area (Å²) >= 11 is 0. The first-order valence-electron chi connectivity index (χ1n) is 10.4. The second kappa shape index (κ2) is 9.00. The van der Waals surface area contributed by atoms with Gasteiger partial charge in [0.1, 0.15) is 5.75 Å². The van der Waals surface area contributed by atoms with Crippen LogP contribution in [0.15, 0.2) is 36.4 Å². The van der Waals surface area contributed by atoms with Crippen LogP contribution in [0.4, 0.5) is 0 Å². The van der Waals surface area contributed by atoms with Crippen LogP contribution in [0, 0.1) is 5.41 Å². The summed E-state index contributed by atoms with van der Waals surface area (Å²) in [5.41, 5.74) is 9.86. The van der Waals surface area contributed by atoms with Crippen molar-refractivity contribution >= 4 is 0 Å². The van der Waals surface area contributed by atoms with Crippen molar-refractivity contribution in [1.29, 1.82) is 0 Å². The largest absolute Gasteiger partial charge is 0.490 e. The molecule has 0 fully saturated rings. The highest BCUT2D eigenvalue weighted by Crippen LogP contribution is 2.39. The summed E-state index contributed by atoms with van der Waals surface area (Å²) in [4.78, 5) is 0. The zero-order valence-corrected chi connectivity index (χ0v) is 18.7. The summed E-state index contributed by atoms with van der Waals surface area (Å²) in [5.74, 6) is 2.38. The molecule has 0 saturated heterocycles. The lowest BCUT2D eigenvalue weighted by molar-refractivity contribution is 0.284. The minimum Gasteiger partial charge on any atom is -0.490 e. The molecule has 0 aromatic heterocycles. The van der Waals surface area contributed by atoms with Gasteiger partial charge >= 0.3 is 0 Å². The molecule has 2 aromatic carbocycles. The van der Waals surface area contributed by atoms with E-state index in [0.29, 0.717) is 13.2 Å². The Hall–Kier alpha value is -2.00. The molecule has 3 heteroatoms. The van der Waals surface area contributed by atoms with Crippen LogP contribution in [0.3, 0.4) is 0 Å². The van der Waals surface area contributed by atoms with Gasteiger partial charge in [0, 0.05) is 12.1 Å². The highest BCUT2D eigenvalue weighted by atomic mass is 16.5. The average Bonchev–Trinajstić information content (AvgIpc) is 2.61. The topological polar surface area (TPSA) is 44.5 Å². The van der Waals surface area contributed by atoms with Gasteiger partial charge in [0.15, 0.2) is 11.5 Å². The Bertz CT molecular complexity index is 770. The van der Waals surface area contributed by atoms with Crippen LogP contribution in [0.2, 0.25) is 0 Å². The molecule has 28 heavy (non-hydrogen) atoms. The molecular weight excluding hydrogens is 346 g/mol. The van der Waals surface area contributed by atoms with Crippen molar-refractivity contribution in [3.8, 4) is 17.2 Å². The molecule has 0 atom stereocenters. The monoisotopic (exact) mass is 383 g/mol. The Labute approximate surface area is 171 Å². The molecule has 0 aliphatic carbocycles. The molecule has 2 N–H and O–H groups in total. The fourth-order valence-corrected chi connectivity index (χ4v) is 4.14. The Kier molecular flexibility index (Phi) is 7.16. The van der Waals surface area contributed by atoms with Crippen molar-refractivity contribution in [3.05, 3.63) is 53.1 Å². The van der Waals surface area contributed by atoms with E-state index in [2.05, 4.69) is 65.8 Å². The number of benzene rings is 2. The summed E-state index contributed by atoms with van der Waals surface area (Å²) < 4.78 is 12.1. The SMILES string of the molecule is CCOc1c(Oc2ccc(C(C)(C)CC(C)(C)C)cc2)ccc(CN)c1CC. The molecule has 0 radical (unpaired) electrons. The molecule has 0 saturated carbocycles. The lowest BCUT2D eigenvalue weighted by atomic mass is 9.72. The molecule has 3 nitrogen and oxygen atoms in total. The van der Waals surface area contributed by atoms with Crippen molar-refractivity contribution in [2.75, 3.05) is 6.61 Å². The number of hydrogen-bond donors (Lipinski definition) is 1. The van der Waals surface area contributed by atoms with Crippen LogP contribution in [-0.4, -0.2) is 6.61 Å². The molecule has 2 rings (SSSR count). The maximum absolute atomic E-state index is 6.21. The van der Waals surface area contributed by atoms with Crippen LogP contribution < -0.4 is 15.2 Å². The first kappa shape index (κ1) is 22.3. The average molecular weight is 384 g/mol. The third-order valence-corrected chi connectivity index (χ3v) is 5.02. The van der Waals surface area contributed by atoms with E-state index >= 15 is 0 Å². The highest BCUT2D eigenvalue weighted by Gasteiger charge is 2.27. The summed E-state index contributed by atoms with van der Waals surface area (Å²) in [6.45, 7) is 16.7. The lowest BCUT2D eigenvalue weighted by Gasteiger charge is -2.33. The second-order valence-electron chi connectivity index (χ2n) is 9.27. The van der Waals surface area contributed by atoms with Crippen LogP contribution >= 0.6 is 0 Å². The molecule has 0 spiro atoms. The van der Waals surface area contributed by atoms with Gasteiger partial charge in [0.2, 0.25) is 0 Å². The molecule has 154 valence electrons. The third-order valence-electron chi connectivity index (χ3n) is 5.02. The third kappa shape index (κ3) is 5.51. The van der Waals surface area contributed by atoms with Gasteiger partial charge in [-0.2, -0.15) is 0 Å². The molecular formula is C25H37NO2. The molecule has 0 heterocycles. The van der Waals surface area contributed by atoms with E-state index in [1.54, 1.807) is 0 Å². The Balaban J connectivity index is 2.29. The van der Waals surface area contributed by atoms with Gasteiger partial charge in [-0.25, -0.2) is 0 Å². The summed E-state index contributed by atoms with van der Waals surface area (Å²) in [6, 6.07) is 12.5. The minimum absolute atomic E-state index is 0.116. The van der Waals surface area contributed by atoms with E-state index in [4.69, 9.17) is 15.2 Å². The lowest BCUT2D eigenvalue weighted by Crippen LogP contribution is -2.24. The molecule has 0 unspecified atom stereocenters. The second-order valence-corrected chi connectivity index (χ2v) is 9.27. The smallest absolute Gasteiger partial charge is 0.169 e. The van der Waals surface area contributed by atoms with Crippen LogP contribution in [0.1, 0.15) is 71.6 Å². The van der Waals surface area contributed by atoms with E-state index < -0.39 is 0 Å². The van der Waals surface area contributed by atoms with Gasteiger partial charge in [-0.3, -0.25) is 0 Å². The minimum atomic E-state index is 0.116.